The van der Waals surface area contributed by atoms with E-state index in [0.29, 0.717) is 0 Å². The lowest BCUT2D eigenvalue weighted by Gasteiger charge is -2.02. The molecule has 19 heavy (non-hydrogen) atoms. The third-order valence-corrected chi connectivity index (χ3v) is 3.66. The van der Waals surface area contributed by atoms with E-state index in [1.54, 1.807) is 12.1 Å². The van der Waals surface area contributed by atoms with Gasteiger partial charge in [-0.25, -0.2) is 0 Å². The molecule has 0 aromatic heterocycles. The van der Waals surface area contributed by atoms with Crippen molar-refractivity contribution in [2.75, 3.05) is 6.61 Å². The zero-order chi connectivity index (χ0) is 15.1. The van der Waals surface area contributed by atoms with Crippen molar-refractivity contribution in [2.45, 2.75) is 31.5 Å². The van der Waals surface area contributed by atoms with E-state index in [2.05, 4.69) is 31.1 Å². The molecule has 0 atom stereocenters. The Morgan fingerprint density at radius 2 is 1.63 bits per heavy atom. The first-order chi connectivity index (χ1) is 8.56. The van der Waals surface area contributed by atoms with Gasteiger partial charge in [-0.15, -0.1) is 5.54 Å². The second-order valence-corrected chi connectivity index (χ2v) is 11.2. The minimum Gasteiger partial charge on any atom is -0.384 e. The molecule has 0 amide bonds. The third kappa shape index (κ3) is 9.45. The van der Waals surface area contributed by atoms with E-state index >= 15 is 0 Å². The summed E-state index contributed by atoms with van der Waals surface area (Å²) < 4.78 is 29.6. The third-order valence-electron chi connectivity index (χ3n) is 1.86. The van der Waals surface area contributed by atoms with E-state index in [9.17, 15) is 8.42 Å². The molecule has 0 heterocycles. The SMILES string of the molecule is C[Si](C)(C)C#CCO.Cc1ccc(S(=O)(=O)O)cc1. The van der Waals surface area contributed by atoms with E-state index in [0.717, 1.165) is 5.56 Å². The van der Waals surface area contributed by atoms with Gasteiger partial charge >= 0.3 is 0 Å². The Labute approximate surface area is 116 Å². The minimum absolute atomic E-state index is 0.00424. The predicted octanol–water partition coefficient (Wildman–Crippen LogP) is 2.10. The fourth-order valence-electron chi connectivity index (χ4n) is 1.01. The van der Waals surface area contributed by atoms with Gasteiger partial charge in [-0.2, -0.15) is 8.42 Å². The predicted molar refractivity (Wildman–Crippen MR) is 79.2 cm³/mol. The lowest BCUT2D eigenvalue weighted by atomic mass is 10.2. The standard InChI is InChI=1S/C7H8O3S.C6H12OSi/c1-6-2-4-7(5-3-6)11(8,9)10;1-8(2,3)6-4-5-7/h2-5H,1H3,(H,8,9,10);7H,5H2,1-3H3. The van der Waals surface area contributed by atoms with Crippen LogP contribution in [0.2, 0.25) is 19.6 Å². The normalized spacial score (nSPS) is 10.8. The first-order valence-corrected chi connectivity index (χ1v) is 10.7. The molecule has 1 aromatic rings. The molecule has 0 aliphatic carbocycles. The summed E-state index contributed by atoms with van der Waals surface area (Å²) in [6.07, 6.45) is 0. The quantitative estimate of drug-likeness (QED) is 0.473. The summed E-state index contributed by atoms with van der Waals surface area (Å²) in [5.41, 5.74) is 3.97. The molecule has 0 aliphatic heterocycles. The van der Waals surface area contributed by atoms with Gasteiger partial charge < -0.3 is 5.11 Å². The molecular weight excluding hydrogens is 280 g/mol. The number of aryl methyl sites for hydroxylation is 1. The number of rotatable bonds is 1. The second-order valence-electron chi connectivity index (χ2n) is 5.00. The van der Waals surface area contributed by atoms with Crippen molar-refractivity contribution in [3.05, 3.63) is 29.8 Å². The van der Waals surface area contributed by atoms with Crippen molar-refractivity contribution in [1.29, 1.82) is 0 Å². The minimum atomic E-state index is -4.02. The maximum absolute atomic E-state index is 10.5. The lowest BCUT2D eigenvalue weighted by Crippen LogP contribution is -2.16. The molecule has 0 unspecified atom stereocenters. The van der Waals surface area contributed by atoms with Gasteiger partial charge in [-0.3, -0.25) is 4.55 Å². The average Bonchev–Trinajstić information content (AvgIpc) is 2.25. The van der Waals surface area contributed by atoms with Crippen molar-refractivity contribution < 1.29 is 18.1 Å². The van der Waals surface area contributed by atoms with Gasteiger partial charge in [0.1, 0.15) is 14.7 Å². The summed E-state index contributed by atoms with van der Waals surface area (Å²) in [4.78, 5) is -0.0666. The maximum atomic E-state index is 10.5. The van der Waals surface area contributed by atoms with Crippen LogP contribution in [0.1, 0.15) is 5.56 Å². The van der Waals surface area contributed by atoms with Gasteiger partial charge in [-0.05, 0) is 19.1 Å². The fraction of sp³-hybridized carbons (Fsp3) is 0.385. The Morgan fingerprint density at radius 3 is 1.89 bits per heavy atom. The molecule has 6 heteroatoms. The van der Waals surface area contributed by atoms with Crippen LogP contribution in [0.25, 0.3) is 0 Å². The van der Waals surface area contributed by atoms with E-state index in [-0.39, 0.29) is 11.5 Å². The highest BCUT2D eigenvalue weighted by atomic mass is 32.2. The summed E-state index contributed by atoms with van der Waals surface area (Å²) >= 11 is 0. The van der Waals surface area contributed by atoms with Crippen molar-refractivity contribution in [1.82, 2.24) is 0 Å². The smallest absolute Gasteiger partial charge is 0.294 e. The van der Waals surface area contributed by atoms with Crippen LogP contribution in [0.15, 0.2) is 29.2 Å². The molecule has 1 aromatic carbocycles. The molecule has 1 rings (SSSR count). The molecule has 2 N–H and O–H groups in total. The number of hydrogen-bond donors (Lipinski definition) is 2. The zero-order valence-electron chi connectivity index (χ0n) is 11.6. The number of aliphatic hydroxyl groups excluding tert-OH is 1. The molecule has 0 fully saturated rings. The van der Waals surface area contributed by atoms with Crippen LogP contribution >= 0.6 is 0 Å². The topological polar surface area (TPSA) is 74.6 Å². The van der Waals surface area contributed by atoms with Crippen LogP contribution in [-0.4, -0.2) is 32.8 Å². The van der Waals surface area contributed by atoms with Gasteiger partial charge in [0.25, 0.3) is 10.1 Å². The molecule has 0 radical (unpaired) electrons. The molecule has 0 saturated carbocycles. The largest absolute Gasteiger partial charge is 0.384 e. The highest BCUT2D eigenvalue weighted by molar-refractivity contribution is 7.85. The Bertz CT molecular complexity index is 545. The first kappa shape index (κ1) is 17.9. The molecule has 4 nitrogen and oxygen atoms in total. The summed E-state index contributed by atoms with van der Waals surface area (Å²) in [7, 11) is -5.22. The van der Waals surface area contributed by atoms with Gasteiger partial charge in [0.05, 0.1) is 4.90 Å². The van der Waals surface area contributed by atoms with Crippen molar-refractivity contribution in [3.63, 3.8) is 0 Å². The number of aliphatic hydroxyl groups is 1. The first-order valence-electron chi connectivity index (χ1n) is 5.71. The van der Waals surface area contributed by atoms with Crippen molar-refractivity contribution >= 4 is 18.2 Å². The molecular formula is C13H20O4SSi. The van der Waals surface area contributed by atoms with Gasteiger partial charge in [0, 0.05) is 0 Å². The summed E-state index contributed by atoms with van der Waals surface area (Å²) in [6.45, 7) is 8.29. The van der Waals surface area contributed by atoms with Crippen LogP contribution in [0.3, 0.4) is 0 Å². The molecule has 0 spiro atoms. The highest BCUT2D eigenvalue weighted by Crippen LogP contribution is 2.08. The van der Waals surface area contributed by atoms with E-state index in [4.69, 9.17) is 9.66 Å². The number of benzene rings is 1. The highest BCUT2D eigenvalue weighted by Gasteiger charge is 2.07. The average molecular weight is 300 g/mol. The van der Waals surface area contributed by atoms with Crippen LogP contribution in [0.5, 0.6) is 0 Å². The monoisotopic (exact) mass is 300 g/mol. The Balaban J connectivity index is 0.000000362. The molecule has 106 valence electrons. The van der Waals surface area contributed by atoms with Gasteiger partial charge in [-0.1, -0.05) is 43.3 Å². The van der Waals surface area contributed by atoms with Crippen molar-refractivity contribution in [2.24, 2.45) is 0 Å². The Hall–Kier alpha value is -1.13. The number of hydrogen-bond acceptors (Lipinski definition) is 3. The summed E-state index contributed by atoms with van der Waals surface area (Å²) in [5.74, 6) is 2.66. The summed E-state index contributed by atoms with van der Waals surface area (Å²) in [5, 5.41) is 8.28. The zero-order valence-corrected chi connectivity index (χ0v) is 13.5. The molecule has 0 saturated heterocycles. The Morgan fingerprint density at radius 1 is 1.16 bits per heavy atom. The lowest BCUT2D eigenvalue weighted by molar-refractivity contribution is 0.350. The van der Waals surface area contributed by atoms with Crippen LogP contribution in [0, 0.1) is 18.4 Å². The van der Waals surface area contributed by atoms with Crippen LogP contribution in [0.4, 0.5) is 0 Å². The second kappa shape index (κ2) is 7.45. The van der Waals surface area contributed by atoms with Gasteiger partial charge in [0.15, 0.2) is 0 Å². The van der Waals surface area contributed by atoms with Crippen LogP contribution < -0.4 is 0 Å². The Kier molecular flexibility index (Phi) is 7.01. The van der Waals surface area contributed by atoms with Crippen molar-refractivity contribution in [3.8, 4) is 11.5 Å². The molecule has 0 aliphatic rings. The summed E-state index contributed by atoms with van der Waals surface area (Å²) in [6, 6.07) is 5.99. The van der Waals surface area contributed by atoms with Crippen LogP contribution in [-0.2, 0) is 10.1 Å². The van der Waals surface area contributed by atoms with E-state index in [1.165, 1.54) is 12.1 Å². The maximum Gasteiger partial charge on any atom is 0.294 e. The van der Waals surface area contributed by atoms with E-state index < -0.39 is 18.2 Å². The van der Waals surface area contributed by atoms with E-state index in [1.807, 2.05) is 6.92 Å². The fourth-order valence-corrected chi connectivity index (χ4v) is 2.10. The molecule has 0 bridgehead atoms. The van der Waals surface area contributed by atoms with Gasteiger partial charge in [0.2, 0.25) is 0 Å².